The number of phosphoric ester groups is 1. The van der Waals surface area contributed by atoms with Crippen LogP contribution in [0.15, 0.2) is 48.6 Å². The highest BCUT2D eigenvalue weighted by molar-refractivity contribution is 7.47. The molecule has 0 aliphatic heterocycles. The number of likely N-dealkylation sites (N-methyl/N-ethyl adjacent to an activating group) is 1. The van der Waals surface area contributed by atoms with Gasteiger partial charge in [0.2, 0.25) is 5.91 Å². The van der Waals surface area contributed by atoms with Gasteiger partial charge in [-0.25, -0.2) is 4.57 Å². The Morgan fingerprint density at radius 2 is 1.07 bits per heavy atom. The molecule has 3 N–H and O–H groups in total. The number of allylic oxidation sites excluding steroid dienone is 8. The second-order valence-corrected chi connectivity index (χ2v) is 18.2. The molecule has 0 bridgehead atoms. The van der Waals surface area contributed by atoms with Crippen LogP contribution in [0.25, 0.3) is 0 Å². The molecule has 0 rings (SSSR count). The van der Waals surface area contributed by atoms with Gasteiger partial charge in [-0.2, -0.15) is 0 Å². The summed E-state index contributed by atoms with van der Waals surface area (Å²) in [6, 6.07) is -0.758. The maximum absolute atomic E-state index is 12.8. The molecule has 0 spiro atoms. The van der Waals surface area contributed by atoms with Crippen LogP contribution in [-0.4, -0.2) is 73.4 Å². The topological polar surface area (TPSA) is 105 Å². The number of rotatable bonds is 41. The maximum atomic E-state index is 12.8. The Morgan fingerprint density at radius 3 is 1.57 bits per heavy atom. The highest BCUT2D eigenvalue weighted by atomic mass is 31.2. The molecule has 0 saturated carbocycles. The molecular formula is C47H90N2O6P+. The molecule has 8 nitrogen and oxygen atoms in total. The van der Waals surface area contributed by atoms with Crippen LogP contribution in [-0.2, 0) is 18.4 Å². The quantitative estimate of drug-likeness (QED) is 0.0246. The first kappa shape index (κ1) is 54.5. The second-order valence-electron chi connectivity index (χ2n) is 16.8. The normalized spacial score (nSPS) is 14.8. The maximum Gasteiger partial charge on any atom is 0.472 e. The summed E-state index contributed by atoms with van der Waals surface area (Å²) < 4.78 is 23.5. The Bertz CT molecular complexity index is 1050. The molecule has 3 atom stereocenters. The van der Waals surface area contributed by atoms with Gasteiger partial charge in [0.1, 0.15) is 13.2 Å². The number of hydrogen-bond acceptors (Lipinski definition) is 5. The first-order valence-corrected chi connectivity index (χ1v) is 24.5. The van der Waals surface area contributed by atoms with Crippen LogP contribution < -0.4 is 5.32 Å². The molecule has 0 fully saturated rings. The molecule has 56 heavy (non-hydrogen) atoms. The van der Waals surface area contributed by atoms with Crippen LogP contribution >= 0.6 is 7.82 Å². The molecular weight excluding hydrogens is 719 g/mol. The summed E-state index contributed by atoms with van der Waals surface area (Å²) in [6.45, 7) is 4.72. The lowest BCUT2D eigenvalue weighted by Gasteiger charge is -2.26. The van der Waals surface area contributed by atoms with E-state index in [1.165, 1.54) is 103 Å². The number of nitrogens with zero attached hydrogens (tertiary/aromatic N) is 1. The Morgan fingerprint density at radius 1 is 0.625 bits per heavy atom. The highest BCUT2D eigenvalue weighted by Crippen LogP contribution is 2.43. The standard InChI is InChI=1S/C47H89N2O6P/c1-6-8-10-12-14-15-16-17-18-19-20-21-22-23-24-25-26-27-28-29-30-31-32-33-35-37-39-41-47(51)48-45(46(50)40-38-36-34-13-11-9-7-2)44-55-56(52,53)54-43-42-49(3,4)5/h8,10,14-15,17-18,20-21,45-46,50H,6-7,9,11-13,16,19,22-44H2,1-5H3,(H-,48,51,52,53)/p+1/b10-8-,15-14-,18-17-,21-20-. The summed E-state index contributed by atoms with van der Waals surface area (Å²) in [5, 5.41) is 13.8. The van der Waals surface area contributed by atoms with Crippen LogP contribution in [0, 0.1) is 0 Å². The van der Waals surface area contributed by atoms with Crippen LogP contribution in [0.4, 0.5) is 0 Å². The number of nitrogens with one attached hydrogen (secondary N) is 1. The van der Waals surface area contributed by atoms with Crippen LogP contribution in [0.2, 0.25) is 0 Å². The minimum Gasteiger partial charge on any atom is -0.391 e. The van der Waals surface area contributed by atoms with E-state index in [0.717, 1.165) is 64.2 Å². The van der Waals surface area contributed by atoms with Gasteiger partial charge in [0.25, 0.3) is 0 Å². The van der Waals surface area contributed by atoms with Gasteiger partial charge in [-0.1, -0.05) is 184 Å². The van der Waals surface area contributed by atoms with Gasteiger partial charge in [-0.05, 0) is 51.4 Å². The van der Waals surface area contributed by atoms with Crippen molar-refractivity contribution in [2.45, 2.75) is 206 Å². The third kappa shape index (κ3) is 40.6. The van der Waals surface area contributed by atoms with E-state index in [4.69, 9.17) is 9.05 Å². The van der Waals surface area contributed by atoms with Crippen molar-refractivity contribution in [1.29, 1.82) is 0 Å². The van der Waals surface area contributed by atoms with E-state index < -0.39 is 20.0 Å². The molecule has 0 aliphatic rings. The fourth-order valence-corrected chi connectivity index (χ4v) is 7.18. The average Bonchev–Trinajstić information content (AvgIpc) is 3.15. The van der Waals surface area contributed by atoms with Crippen molar-refractivity contribution in [3.05, 3.63) is 48.6 Å². The zero-order valence-electron chi connectivity index (χ0n) is 37.1. The van der Waals surface area contributed by atoms with E-state index in [9.17, 15) is 19.4 Å². The lowest BCUT2D eigenvalue weighted by atomic mass is 10.0. The number of phosphoric acid groups is 1. The summed E-state index contributed by atoms with van der Waals surface area (Å²) >= 11 is 0. The number of carbonyl (C=O) groups is 1. The predicted octanol–water partition coefficient (Wildman–Crippen LogP) is 12.9. The van der Waals surface area contributed by atoms with Crippen molar-refractivity contribution in [3.63, 3.8) is 0 Å². The van der Waals surface area contributed by atoms with Crippen molar-refractivity contribution in [2.24, 2.45) is 0 Å². The largest absolute Gasteiger partial charge is 0.472 e. The van der Waals surface area contributed by atoms with E-state index >= 15 is 0 Å². The van der Waals surface area contributed by atoms with Crippen molar-refractivity contribution in [2.75, 3.05) is 40.9 Å². The van der Waals surface area contributed by atoms with Gasteiger partial charge < -0.3 is 19.8 Å². The van der Waals surface area contributed by atoms with E-state index in [1.807, 2.05) is 21.1 Å². The number of carbonyl (C=O) groups excluding carboxylic acids is 1. The van der Waals surface area contributed by atoms with E-state index in [1.54, 1.807) is 0 Å². The molecule has 0 heterocycles. The zero-order valence-corrected chi connectivity index (χ0v) is 38.0. The fraction of sp³-hybridized carbons (Fsp3) is 0.809. The Hall–Kier alpha value is -1.54. The summed E-state index contributed by atoms with van der Waals surface area (Å²) in [5.41, 5.74) is 0. The van der Waals surface area contributed by atoms with Crippen molar-refractivity contribution in [1.82, 2.24) is 5.32 Å². The van der Waals surface area contributed by atoms with Crippen LogP contribution in [0.5, 0.6) is 0 Å². The molecule has 328 valence electrons. The van der Waals surface area contributed by atoms with Crippen molar-refractivity contribution in [3.8, 4) is 0 Å². The van der Waals surface area contributed by atoms with E-state index in [2.05, 4.69) is 67.8 Å². The van der Waals surface area contributed by atoms with Gasteiger partial charge in [0.05, 0.1) is 39.9 Å². The van der Waals surface area contributed by atoms with Gasteiger partial charge in [0.15, 0.2) is 0 Å². The van der Waals surface area contributed by atoms with E-state index in [-0.39, 0.29) is 19.1 Å². The number of amides is 1. The molecule has 0 radical (unpaired) electrons. The summed E-state index contributed by atoms with van der Waals surface area (Å²) in [6.07, 6.45) is 48.8. The summed E-state index contributed by atoms with van der Waals surface area (Å²) in [4.78, 5) is 23.0. The minimum absolute atomic E-state index is 0.0733. The molecule has 0 aromatic rings. The third-order valence-electron chi connectivity index (χ3n) is 10.1. The van der Waals surface area contributed by atoms with E-state index in [0.29, 0.717) is 23.9 Å². The molecule has 0 saturated heterocycles. The molecule has 3 unspecified atom stereocenters. The second kappa shape index (κ2) is 38.9. The number of unbranched alkanes of at least 4 members (excludes halogenated alkanes) is 20. The Balaban J connectivity index is 4.03. The molecule has 0 aromatic heterocycles. The fourth-order valence-electron chi connectivity index (χ4n) is 6.45. The summed E-state index contributed by atoms with van der Waals surface area (Å²) in [7, 11) is 1.61. The molecule has 1 amide bonds. The lowest BCUT2D eigenvalue weighted by Crippen LogP contribution is -2.46. The SMILES string of the molecule is CC/C=C\C/C=C\C/C=C\C/C=C\CCCCCCCCCCCCCCCCC(=O)NC(COP(=O)(O)OCC[N+](C)(C)C)C(O)CCCCCCCCC. The van der Waals surface area contributed by atoms with Crippen molar-refractivity contribution < 1.29 is 32.9 Å². The lowest BCUT2D eigenvalue weighted by molar-refractivity contribution is -0.870. The Labute approximate surface area is 346 Å². The first-order valence-electron chi connectivity index (χ1n) is 23.0. The highest BCUT2D eigenvalue weighted by Gasteiger charge is 2.28. The van der Waals surface area contributed by atoms with Crippen molar-refractivity contribution >= 4 is 13.7 Å². The number of aliphatic hydroxyl groups is 1. The van der Waals surface area contributed by atoms with Gasteiger partial charge >= 0.3 is 7.82 Å². The number of quaternary nitrogens is 1. The first-order chi connectivity index (χ1) is 27.0. The smallest absolute Gasteiger partial charge is 0.391 e. The number of aliphatic hydroxyl groups excluding tert-OH is 1. The zero-order chi connectivity index (χ0) is 41.4. The van der Waals surface area contributed by atoms with Gasteiger partial charge in [0, 0.05) is 6.42 Å². The van der Waals surface area contributed by atoms with Crippen LogP contribution in [0.1, 0.15) is 194 Å². The van der Waals surface area contributed by atoms with Crippen LogP contribution in [0.3, 0.4) is 0 Å². The Kier molecular flexibility index (Phi) is 37.9. The minimum atomic E-state index is -4.30. The summed E-state index contributed by atoms with van der Waals surface area (Å²) in [5.74, 6) is -0.151. The van der Waals surface area contributed by atoms with Gasteiger partial charge in [-0.15, -0.1) is 0 Å². The monoisotopic (exact) mass is 810 g/mol. The third-order valence-corrected chi connectivity index (χ3v) is 11.1. The predicted molar refractivity (Wildman–Crippen MR) is 240 cm³/mol. The number of hydrogen-bond donors (Lipinski definition) is 3. The van der Waals surface area contributed by atoms with Gasteiger partial charge in [-0.3, -0.25) is 13.8 Å². The molecule has 0 aromatic carbocycles. The molecule has 0 aliphatic carbocycles. The average molecular weight is 810 g/mol. The molecule has 9 heteroatoms.